The molecule has 2 rings (SSSR count). The molecule has 19 heavy (non-hydrogen) atoms. The summed E-state index contributed by atoms with van der Waals surface area (Å²) >= 11 is 0. The summed E-state index contributed by atoms with van der Waals surface area (Å²) in [4.78, 5) is 0. The molecule has 0 amide bonds. The van der Waals surface area contributed by atoms with Gasteiger partial charge in [0.05, 0.1) is 6.10 Å². The van der Waals surface area contributed by atoms with E-state index in [0.29, 0.717) is 11.1 Å². The van der Waals surface area contributed by atoms with Crippen LogP contribution in [0.3, 0.4) is 0 Å². The van der Waals surface area contributed by atoms with E-state index in [1.807, 2.05) is 0 Å². The fourth-order valence-corrected chi connectivity index (χ4v) is 1.75. The Morgan fingerprint density at radius 1 is 1.16 bits per heavy atom. The van der Waals surface area contributed by atoms with E-state index in [0.717, 1.165) is 0 Å². The molecule has 100 valence electrons. The summed E-state index contributed by atoms with van der Waals surface area (Å²) in [7, 11) is 0. The average Bonchev–Trinajstić information content (AvgIpc) is 2.37. The van der Waals surface area contributed by atoms with Crippen LogP contribution in [-0.4, -0.2) is 5.11 Å². The van der Waals surface area contributed by atoms with Crippen LogP contribution in [0.25, 0.3) is 0 Å². The Hall–Kier alpha value is -1.94. The molecule has 0 aliphatic rings. The molecule has 0 saturated heterocycles. The molecule has 2 aromatic rings. The first-order valence-corrected chi connectivity index (χ1v) is 5.91. The molecule has 1 atom stereocenters. The number of benzene rings is 2. The van der Waals surface area contributed by atoms with Crippen molar-refractivity contribution in [3.8, 4) is 5.75 Å². The van der Waals surface area contributed by atoms with Crippen molar-refractivity contribution in [2.45, 2.75) is 19.6 Å². The molecule has 2 nitrogen and oxygen atoms in total. The van der Waals surface area contributed by atoms with Gasteiger partial charge in [0.15, 0.2) is 0 Å². The van der Waals surface area contributed by atoms with Crippen LogP contribution in [0.5, 0.6) is 5.75 Å². The maximum atomic E-state index is 13.4. The van der Waals surface area contributed by atoms with E-state index in [-0.39, 0.29) is 18.2 Å². The minimum absolute atomic E-state index is 0.0180. The van der Waals surface area contributed by atoms with Gasteiger partial charge in [-0.1, -0.05) is 18.2 Å². The second-order valence-electron chi connectivity index (χ2n) is 4.24. The summed E-state index contributed by atoms with van der Waals surface area (Å²) in [5, 5.41) is 9.57. The maximum Gasteiger partial charge on any atom is 0.129 e. The molecule has 1 N–H and O–H groups in total. The zero-order chi connectivity index (χ0) is 13.8. The lowest BCUT2D eigenvalue weighted by atomic mass is 10.1. The molecular formula is C15H14F2O2. The van der Waals surface area contributed by atoms with Gasteiger partial charge in [0.1, 0.15) is 24.0 Å². The molecule has 0 aromatic heterocycles. The number of hydrogen-bond acceptors (Lipinski definition) is 2. The monoisotopic (exact) mass is 264 g/mol. The number of halogens is 2. The van der Waals surface area contributed by atoms with Crippen molar-refractivity contribution in [3.63, 3.8) is 0 Å². The molecule has 2 aromatic carbocycles. The highest BCUT2D eigenvalue weighted by atomic mass is 19.1. The molecular weight excluding hydrogens is 250 g/mol. The minimum Gasteiger partial charge on any atom is -0.488 e. The fraction of sp³-hybridized carbons (Fsp3) is 0.200. The first-order valence-electron chi connectivity index (χ1n) is 5.91. The second kappa shape index (κ2) is 5.80. The molecule has 0 aliphatic heterocycles. The van der Waals surface area contributed by atoms with Crippen LogP contribution in [0.1, 0.15) is 24.2 Å². The topological polar surface area (TPSA) is 29.5 Å². The largest absolute Gasteiger partial charge is 0.488 e. The average molecular weight is 264 g/mol. The van der Waals surface area contributed by atoms with E-state index >= 15 is 0 Å². The summed E-state index contributed by atoms with van der Waals surface area (Å²) in [6, 6.07) is 10.1. The van der Waals surface area contributed by atoms with Crippen LogP contribution in [0, 0.1) is 11.6 Å². The Kier molecular flexibility index (Phi) is 4.12. The Morgan fingerprint density at radius 2 is 1.89 bits per heavy atom. The smallest absolute Gasteiger partial charge is 0.129 e. The zero-order valence-electron chi connectivity index (χ0n) is 10.4. The van der Waals surface area contributed by atoms with E-state index in [9.17, 15) is 13.9 Å². The van der Waals surface area contributed by atoms with Gasteiger partial charge in [-0.3, -0.25) is 0 Å². The number of rotatable bonds is 4. The predicted octanol–water partition coefficient (Wildman–Crippen LogP) is 3.60. The summed E-state index contributed by atoms with van der Waals surface area (Å²) < 4.78 is 32.0. The van der Waals surface area contributed by atoms with Crippen LogP contribution >= 0.6 is 0 Å². The molecule has 0 unspecified atom stereocenters. The van der Waals surface area contributed by atoms with Gasteiger partial charge in [-0.15, -0.1) is 0 Å². The van der Waals surface area contributed by atoms with Crippen LogP contribution < -0.4 is 4.74 Å². The molecule has 0 radical (unpaired) electrons. The summed E-state index contributed by atoms with van der Waals surface area (Å²) in [6.07, 6.45) is -0.781. The van der Waals surface area contributed by atoms with Crippen molar-refractivity contribution >= 4 is 0 Å². The Bertz CT molecular complexity index is 568. The van der Waals surface area contributed by atoms with Crippen LogP contribution in [-0.2, 0) is 6.61 Å². The third-order valence-corrected chi connectivity index (χ3v) is 2.77. The first-order chi connectivity index (χ1) is 9.08. The van der Waals surface area contributed by atoms with Crippen LogP contribution in [0.4, 0.5) is 8.78 Å². The van der Waals surface area contributed by atoms with Crippen molar-refractivity contribution in [2.24, 2.45) is 0 Å². The summed E-state index contributed by atoms with van der Waals surface area (Å²) in [6.45, 7) is 1.54. The lowest BCUT2D eigenvalue weighted by Gasteiger charge is -2.13. The summed E-state index contributed by atoms with van der Waals surface area (Å²) in [5.74, 6) is -0.622. The standard InChI is InChI=1S/C15H14F2O2/c1-10(18)13-7-6-12(16)8-15(13)19-9-11-4-2-3-5-14(11)17/h2-8,10,18H,9H2,1H3/t10-/m0/s1. The number of ether oxygens (including phenoxy) is 1. The lowest BCUT2D eigenvalue weighted by Crippen LogP contribution is -2.03. The number of hydrogen-bond donors (Lipinski definition) is 1. The second-order valence-corrected chi connectivity index (χ2v) is 4.24. The van der Waals surface area contributed by atoms with Crippen LogP contribution in [0.2, 0.25) is 0 Å². The van der Waals surface area contributed by atoms with E-state index in [2.05, 4.69) is 0 Å². The van der Waals surface area contributed by atoms with Gasteiger partial charge >= 0.3 is 0 Å². The molecule has 0 aliphatic carbocycles. The van der Waals surface area contributed by atoms with Crippen molar-refractivity contribution in [3.05, 3.63) is 65.2 Å². The lowest BCUT2D eigenvalue weighted by molar-refractivity contribution is 0.189. The zero-order valence-corrected chi connectivity index (χ0v) is 10.4. The first kappa shape index (κ1) is 13.5. The number of aliphatic hydroxyl groups is 1. The van der Waals surface area contributed by atoms with Gasteiger partial charge in [-0.05, 0) is 25.1 Å². The van der Waals surface area contributed by atoms with E-state index < -0.39 is 11.9 Å². The van der Waals surface area contributed by atoms with Gasteiger partial charge in [0, 0.05) is 17.2 Å². The highest BCUT2D eigenvalue weighted by Gasteiger charge is 2.11. The normalized spacial score (nSPS) is 12.2. The highest BCUT2D eigenvalue weighted by molar-refractivity contribution is 5.35. The third-order valence-electron chi connectivity index (χ3n) is 2.77. The minimum atomic E-state index is -0.781. The number of aliphatic hydroxyl groups excluding tert-OH is 1. The predicted molar refractivity (Wildman–Crippen MR) is 67.8 cm³/mol. The fourth-order valence-electron chi connectivity index (χ4n) is 1.75. The molecule has 0 saturated carbocycles. The van der Waals surface area contributed by atoms with Gasteiger partial charge in [0.25, 0.3) is 0 Å². The van der Waals surface area contributed by atoms with E-state index in [1.165, 1.54) is 24.3 Å². The van der Waals surface area contributed by atoms with Crippen molar-refractivity contribution in [1.82, 2.24) is 0 Å². The molecule has 0 fully saturated rings. The third kappa shape index (κ3) is 3.29. The van der Waals surface area contributed by atoms with Crippen molar-refractivity contribution < 1.29 is 18.6 Å². The van der Waals surface area contributed by atoms with Crippen molar-refractivity contribution in [2.75, 3.05) is 0 Å². The molecule has 0 heterocycles. The quantitative estimate of drug-likeness (QED) is 0.914. The van der Waals surface area contributed by atoms with Crippen LogP contribution in [0.15, 0.2) is 42.5 Å². The maximum absolute atomic E-state index is 13.4. The van der Waals surface area contributed by atoms with E-state index in [4.69, 9.17) is 4.74 Å². The van der Waals surface area contributed by atoms with E-state index in [1.54, 1.807) is 25.1 Å². The van der Waals surface area contributed by atoms with Gasteiger partial charge in [0.2, 0.25) is 0 Å². The molecule has 0 spiro atoms. The SMILES string of the molecule is C[C@H](O)c1ccc(F)cc1OCc1ccccc1F. The van der Waals surface area contributed by atoms with Gasteiger partial charge in [-0.25, -0.2) is 8.78 Å². The Balaban J connectivity index is 2.19. The van der Waals surface area contributed by atoms with Gasteiger partial charge in [-0.2, -0.15) is 0 Å². The van der Waals surface area contributed by atoms with Crippen molar-refractivity contribution in [1.29, 1.82) is 0 Å². The molecule has 0 bridgehead atoms. The Morgan fingerprint density at radius 3 is 2.58 bits per heavy atom. The molecule has 4 heteroatoms. The summed E-state index contributed by atoms with van der Waals surface area (Å²) in [5.41, 5.74) is 0.848. The highest BCUT2D eigenvalue weighted by Crippen LogP contribution is 2.27. The van der Waals surface area contributed by atoms with Gasteiger partial charge < -0.3 is 9.84 Å². The Labute approximate surface area is 110 Å².